The molecule has 1 rings (SSSR count). The molecule has 0 saturated heterocycles. The Morgan fingerprint density at radius 1 is 1.10 bits per heavy atom. The van der Waals surface area contributed by atoms with Crippen molar-refractivity contribution in [2.75, 3.05) is 37.0 Å². The average molecular weight is 291 g/mol. The number of nitrogens with zero attached hydrogens (tertiary/aromatic N) is 2. The third kappa shape index (κ3) is 5.45. The lowest BCUT2D eigenvalue weighted by atomic mass is 10.2. The van der Waals surface area contributed by atoms with Gasteiger partial charge in [0.05, 0.1) is 0 Å². The van der Waals surface area contributed by atoms with E-state index < -0.39 is 0 Å². The number of carbonyl (C=O) groups excluding carboxylic acids is 2. The van der Waals surface area contributed by atoms with Gasteiger partial charge in [-0.3, -0.25) is 9.59 Å². The summed E-state index contributed by atoms with van der Waals surface area (Å²) in [7, 11) is 3.95. The van der Waals surface area contributed by atoms with E-state index >= 15 is 0 Å². The molecule has 116 valence electrons. The number of hydrogen-bond donors (Lipinski definition) is 1. The summed E-state index contributed by atoms with van der Waals surface area (Å²) in [5.74, 6) is 0.00120. The SMILES string of the molecule is CCCC(=O)NCCN(C(C)=O)c1ccc(N(C)C)cc1. The number of nitrogens with one attached hydrogen (secondary N) is 1. The molecule has 0 bridgehead atoms. The van der Waals surface area contributed by atoms with Crippen LogP contribution in [0.5, 0.6) is 0 Å². The van der Waals surface area contributed by atoms with Crippen LogP contribution in [0.25, 0.3) is 0 Å². The van der Waals surface area contributed by atoms with Gasteiger partial charge in [-0.15, -0.1) is 0 Å². The van der Waals surface area contributed by atoms with Crippen molar-refractivity contribution in [1.29, 1.82) is 0 Å². The molecule has 1 aromatic carbocycles. The molecule has 0 aliphatic heterocycles. The number of benzene rings is 1. The van der Waals surface area contributed by atoms with Crippen molar-refractivity contribution in [2.45, 2.75) is 26.7 Å². The molecule has 0 aliphatic rings. The van der Waals surface area contributed by atoms with Crippen molar-refractivity contribution in [2.24, 2.45) is 0 Å². The number of rotatable bonds is 7. The van der Waals surface area contributed by atoms with Crippen molar-refractivity contribution in [3.63, 3.8) is 0 Å². The number of anilines is 2. The standard InChI is InChI=1S/C16H25N3O2/c1-5-6-16(21)17-11-12-19(13(2)20)15-9-7-14(8-10-15)18(3)4/h7-10H,5-6,11-12H2,1-4H3,(H,17,21). The molecular formula is C16H25N3O2. The Kier molecular flexibility index (Phi) is 6.72. The van der Waals surface area contributed by atoms with Crippen molar-refractivity contribution >= 4 is 23.2 Å². The van der Waals surface area contributed by atoms with E-state index in [1.54, 1.807) is 4.90 Å². The minimum Gasteiger partial charge on any atom is -0.378 e. The highest BCUT2D eigenvalue weighted by molar-refractivity contribution is 5.91. The molecule has 2 amide bonds. The van der Waals surface area contributed by atoms with E-state index in [-0.39, 0.29) is 11.8 Å². The largest absolute Gasteiger partial charge is 0.378 e. The normalized spacial score (nSPS) is 10.1. The van der Waals surface area contributed by atoms with Crippen LogP contribution in [0.2, 0.25) is 0 Å². The maximum Gasteiger partial charge on any atom is 0.223 e. The summed E-state index contributed by atoms with van der Waals surface area (Å²) in [6, 6.07) is 7.79. The molecule has 0 saturated carbocycles. The Balaban J connectivity index is 2.65. The zero-order valence-electron chi connectivity index (χ0n) is 13.3. The quantitative estimate of drug-likeness (QED) is 0.836. The van der Waals surface area contributed by atoms with Crippen LogP contribution < -0.4 is 15.1 Å². The van der Waals surface area contributed by atoms with Crippen molar-refractivity contribution in [3.05, 3.63) is 24.3 Å². The van der Waals surface area contributed by atoms with Gasteiger partial charge in [-0.05, 0) is 30.7 Å². The van der Waals surface area contributed by atoms with Gasteiger partial charge in [0, 0.05) is 51.9 Å². The number of hydrogen-bond acceptors (Lipinski definition) is 3. The van der Waals surface area contributed by atoms with Gasteiger partial charge in [0.15, 0.2) is 0 Å². The van der Waals surface area contributed by atoms with Crippen LogP contribution in [-0.2, 0) is 9.59 Å². The van der Waals surface area contributed by atoms with E-state index in [1.807, 2.05) is 50.2 Å². The van der Waals surface area contributed by atoms with Crippen LogP contribution >= 0.6 is 0 Å². The monoisotopic (exact) mass is 291 g/mol. The topological polar surface area (TPSA) is 52.7 Å². The lowest BCUT2D eigenvalue weighted by Crippen LogP contribution is -2.37. The van der Waals surface area contributed by atoms with Gasteiger partial charge in [0.25, 0.3) is 0 Å². The average Bonchev–Trinajstić information content (AvgIpc) is 2.43. The summed E-state index contributed by atoms with van der Waals surface area (Å²) in [6.45, 7) is 4.45. The Morgan fingerprint density at radius 3 is 2.14 bits per heavy atom. The molecule has 0 aliphatic carbocycles. The predicted octanol–water partition coefficient (Wildman–Crippen LogP) is 2.02. The molecular weight excluding hydrogens is 266 g/mol. The van der Waals surface area contributed by atoms with Gasteiger partial charge in [-0.25, -0.2) is 0 Å². The second kappa shape index (κ2) is 8.29. The van der Waals surface area contributed by atoms with Gasteiger partial charge in [-0.1, -0.05) is 6.92 Å². The molecule has 0 unspecified atom stereocenters. The van der Waals surface area contributed by atoms with E-state index in [1.165, 1.54) is 6.92 Å². The van der Waals surface area contributed by atoms with E-state index in [4.69, 9.17) is 0 Å². The highest BCUT2D eigenvalue weighted by Crippen LogP contribution is 2.19. The smallest absolute Gasteiger partial charge is 0.223 e. The molecule has 0 aromatic heterocycles. The first-order chi connectivity index (χ1) is 9.95. The van der Waals surface area contributed by atoms with Gasteiger partial charge in [0.1, 0.15) is 0 Å². The Hall–Kier alpha value is -2.04. The lowest BCUT2D eigenvalue weighted by Gasteiger charge is -2.22. The van der Waals surface area contributed by atoms with Crippen molar-refractivity contribution in [1.82, 2.24) is 5.32 Å². The molecule has 5 nitrogen and oxygen atoms in total. The van der Waals surface area contributed by atoms with Gasteiger partial charge >= 0.3 is 0 Å². The summed E-state index contributed by atoms with van der Waals surface area (Å²) in [4.78, 5) is 26.9. The molecule has 0 fully saturated rings. The molecule has 1 N–H and O–H groups in total. The fraction of sp³-hybridized carbons (Fsp3) is 0.500. The minimum absolute atomic E-state index is 0.0302. The van der Waals surface area contributed by atoms with Crippen LogP contribution in [-0.4, -0.2) is 39.0 Å². The second-order valence-corrected chi connectivity index (χ2v) is 5.18. The molecule has 0 radical (unpaired) electrons. The first kappa shape index (κ1) is 17.0. The summed E-state index contributed by atoms with van der Waals surface area (Å²) < 4.78 is 0. The highest BCUT2D eigenvalue weighted by atomic mass is 16.2. The van der Waals surface area contributed by atoms with E-state index in [0.717, 1.165) is 17.8 Å². The summed E-state index contributed by atoms with van der Waals surface area (Å²) in [5, 5.41) is 2.83. The maximum absolute atomic E-state index is 11.8. The zero-order chi connectivity index (χ0) is 15.8. The van der Waals surface area contributed by atoms with Gasteiger partial charge in [-0.2, -0.15) is 0 Å². The Labute approximate surface area is 126 Å². The molecule has 1 aromatic rings. The van der Waals surface area contributed by atoms with Gasteiger partial charge in [0.2, 0.25) is 11.8 Å². The first-order valence-corrected chi connectivity index (χ1v) is 7.28. The van der Waals surface area contributed by atoms with Crippen LogP contribution in [0.4, 0.5) is 11.4 Å². The summed E-state index contributed by atoms with van der Waals surface area (Å²) in [6.07, 6.45) is 1.35. The highest BCUT2D eigenvalue weighted by Gasteiger charge is 2.11. The number of carbonyl (C=O) groups is 2. The first-order valence-electron chi connectivity index (χ1n) is 7.28. The molecule has 21 heavy (non-hydrogen) atoms. The molecule has 0 heterocycles. The van der Waals surface area contributed by atoms with Crippen LogP contribution in [0.15, 0.2) is 24.3 Å². The molecule has 0 spiro atoms. The van der Waals surface area contributed by atoms with Gasteiger partial charge < -0.3 is 15.1 Å². The minimum atomic E-state index is -0.0302. The zero-order valence-corrected chi connectivity index (χ0v) is 13.3. The van der Waals surface area contributed by atoms with E-state index in [2.05, 4.69) is 5.32 Å². The molecule has 5 heteroatoms. The van der Waals surface area contributed by atoms with E-state index in [0.29, 0.717) is 19.5 Å². The third-order valence-corrected chi connectivity index (χ3v) is 3.19. The molecule has 0 atom stereocenters. The van der Waals surface area contributed by atoms with Crippen molar-refractivity contribution < 1.29 is 9.59 Å². The fourth-order valence-corrected chi connectivity index (χ4v) is 2.02. The summed E-state index contributed by atoms with van der Waals surface area (Å²) >= 11 is 0. The third-order valence-electron chi connectivity index (χ3n) is 3.19. The van der Waals surface area contributed by atoms with Crippen molar-refractivity contribution in [3.8, 4) is 0 Å². The van der Waals surface area contributed by atoms with Crippen LogP contribution in [0, 0.1) is 0 Å². The maximum atomic E-state index is 11.8. The number of amides is 2. The lowest BCUT2D eigenvalue weighted by molar-refractivity contribution is -0.121. The van der Waals surface area contributed by atoms with Crippen LogP contribution in [0.1, 0.15) is 26.7 Å². The Morgan fingerprint density at radius 2 is 1.67 bits per heavy atom. The second-order valence-electron chi connectivity index (χ2n) is 5.18. The predicted molar refractivity (Wildman–Crippen MR) is 86.7 cm³/mol. The van der Waals surface area contributed by atoms with Crippen LogP contribution in [0.3, 0.4) is 0 Å². The Bertz CT molecular complexity index is 469. The van der Waals surface area contributed by atoms with E-state index in [9.17, 15) is 9.59 Å². The fourth-order valence-electron chi connectivity index (χ4n) is 2.02. The summed E-state index contributed by atoms with van der Waals surface area (Å²) in [5.41, 5.74) is 1.93.